The summed E-state index contributed by atoms with van der Waals surface area (Å²) in [5.74, 6) is 0.973. The molecule has 3 heteroatoms. The average Bonchev–Trinajstić information content (AvgIpc) is 3.08. The molecule has 3 fully saturated rings. The second-order valence-electron chi connectivity index (χ2n) is 8.84. The number of hydrogen-bond donors (Lipinski definition) is 1. The van der Waals surface area contributed by atoms with Gasteiger partial charge < -0.3 is 9.84 Å². The SMILES string of the molecule is C=C1CC[C@@H]2O[C@@]2(C)CC[C@H]2[C@H]1C[C@]2(C)C(=O)/C=C/C(C)(C)O. The van der Waals surface area contributed by atoms with E-state index in [1.165, 1.54) is 5.57 Å². The van der Waals surface area contributed by atoms with E-state index in [4.69, 9.17) is 4.74 Å². The lowest BCUT2D eigenvalue weighted by atomic mass is 9.49. The van der Waals surface area contributed by atoms with Crippen molar-refractivity contribution in [1.82, 2.24) is 0 Å². The van der Waals surface area contributed by atoms with Crippen LogP contribution in [-0.4, -0.2) is 28.2 Å². The van der Waals surface area contributed by atoms with E-state index in [0.29, 0.717) is 17.9 Å². The van der Waals surface area contributed by atoms with Gasteiger partial charge in [0.05, 0.1) is 17.3 Å². The fourth-order valence-corrected chi connectivity index (χ4v) is 4.56. The summed E-state index contributed by atoms with van der Waals surface area (Å²) in [5, 5.41) is 9.82. The van der Waals surface area contributed by atoms with Crippen LogP contribution in [0.3, 0.4) is 0 Å². The lowest BCUT2D eigenvalue weighted by molar-refractivity contribution is -0.137. The molecule has 0 aromatic rings. The fourth-order valence-electron chi connectivity index (χ4n) is 4.56. The Labute approximate surface area is 139 Å². The summed E-state index contributed by atoms with van der Waals surface area (Å²) < 4.78 is 5.88. The van der Waals surface area contributed by atoms with Crippen LogP contribution in [0.15, 0.2) is 24.3 Å². The molecule has 3 rings (SSSR count). The Bertz CT molecular complexity index is 556. The largest absolute Gasteiger partial charge is 0.386 e. The minimum Gasteiger partial charge on any atom is -0.386 e. The zero-order valence-electron chi connectivity index (χ0n) is 14.9. The molecule has 1 aliphatic heterocycles. The number of hydrogen-bond acceptors (Lipinski definition) is 3. The van der Waals surface area contributed by atoms with Crippen LogP contribution in [0.1, 0.15) is 59.8 Å². The predicted octanol–water partition coefficient (Wildman–Crippen LogP) is 3.81. The number of ether oxygens (including phenoxy) is 1. The topological polar surface area (TPSA) is 49.8 Å². The summed E-state index contributed by atoms with van der Waals surface area (Å²) in [5.41, 5.74) is 0.0594. The van der Waals surface area contributed by atoms with Gasteiger partial charge in [0.15, 0.2) is 5.78 Å². The Balaban J connectivity index is 1.76. The van der Waals surface area contributed by atoms with Gasteiger partial charge in [-0.2, -0.15) is 0 Å². The normalized spacial score (nSPS) is 43.7. The van der Waals surface area contributed by atoms with Crippen molar-refractivity contribution in [2.24, 2.45) is 17.3 Å². The van der Waals surface area contributed by atoms with E-state index in [2.05, 4.69) is 20.4 Å². The first-order valence-electron chi connectivity index (χ1n) is 8.87. The summed E-state index contributed by atoms with van der Waals surface area (Å²) in [6, 6.07) is 0. The number of carbonyl (C=O) groups excluding carboxylic acids is 1. The maximum absolute atomic E-state index is 12.8. The molecule has 1 N–H and O–H groups in total. The molecule has 3 aliphatic rings. The molecule has 0 bridgehead atoms. The van der Waals surface area contributed by atoms with Gasteiger partial charge in [-0.25, -0.2) is 0 Å². The molecule has 2 saturated carbocycles. The van der Waals surface area contributed by atoms with Gasteiger partial charge in [-0.3, -0.25) is 4.79 Å². The molecule has 0 unspecified atom stereocenters. The fraction of sp³-hybridized carbons (Fsp3) is 0.750. The van der Waals surface area contributed by atoms with E-state index >= 15 is 0 Å². The number of fused-ring (bicyclic) bond motifs is 2. The molecule has 128 valence electrons. The third kappa shape index (κ3) is 3.06. The van der Waals surface area contributed by atoms with Crippen molar-refractivity contribution in [2.75, 3.05) is 0 Å². The van der Waals surface area contributed by atoms with E-state index in [-0.39, 0.29) is 16.8 Å². The first-order valence-corrected chi connectivity index (χ1v) is 8.87. The molecule has 23 heavy (non-hydrogen) atoms. The van der Waals surface area contributed by atoms with Crippen molar-refractivity contribution in [3.63, 3.8) is 0 Å². The molecule has 2 aliphatic carbocycles. The Morgan fingerprint density at radius 3 is 2.74 bits per heavy atom. The molecular formula is C20H30O3. The Hall–Kier alpha value is -0.930. The van der Waals surface area contributed by atoms with Crippen molar-refractivity contribution in [1.29, 1.82) is 0 Å². The Kier molecular flexibility index (Phi) is 3.89. The smallest absolute Gasteiger partial charge is 0.161 e. The minimum atomic E-state index is -0.945. The van der Waals surface area contributed by atoms with Crippen molar-refractivity contribution in [2.45, 2.75) is 77.1 Å². The van der Waals surface area contributed by atoms with Crippen LogP contribution in [0.25, 0.3) is 0 Å². The minimum absolute atomic E-state index is 0.0254. The van der Waals surface area contributed by atoms with Gasteiger partial charge in [0.1, 0.15) is 0 Å². The van der Waals surface area contributed by atoms with E-state index in [1.54, 1.807) is 26.0 Å². The van der Waals surface area contributed by atoms with E-state index in [9.17, 15) is 9.90 Å². The van der Waals surface area contributed by atoms with E-state index in [1.807, 2.05) is 0 Å². The summed E-state index contributed by atoms with van der Waals surface area (Å²) in [7, 11) is 0. The van der Waals surface area contributed by atoms with Crippen LogP contribution in [0.4, 0.5) is 0 Å². The van der Waals surface area contributed by atoms with Crippen LogP contribution in [0.2, 0.25) is 0 Å². The molecule has 0 aromatic carbocycles. The quantitative estimate of drug-likeness (QED) is 0.489. The second-order valence-corrected chi connectivity index (χ2v) is 8.84. The highest BCUT2D eigenvalue weighted by atomic mass is 16.6. The number of carbonyl (C=O) groups is 1. The van der Waals surface area contributed by atoms with Crippen LogP contribution in [-0.2, 0) is 9.53 Å². The zero-order valence-corrected chi connectivity index (χ0v) is 14.9. The van der Waals surface area contributed by atoms with Crippen LogP contribution in [0.5, 0.6) is 0 Å². The molecule has 0 amide bonds. The number of epoxide rings is 1. The van der Waals surface area contributed by atoms with Crippen LogP contribution in [0, 0.1) is 17.3 Å². The first-order chi connectivity index (χ1) is 10.6. The highest BCUT2D eigenvalue weighted by molar-refractivity contribution is 5.95. The molecule has 1 saturated heterocycles. The monoisotopic (exact) mass is 318 g/mol. The third-order valence-corrected chi connectivity index (χ3v) is 6.39. The summed E-state index contributed by atoms with van der Waals surface area (Å²) in [6.07, 6.45) is 8.62. The molecule has 3 nitrogen and oxygen atoms in total. The lowest BCUT2D eigenvalue weighted by Gasteiger charge is -2.53. The van der Waals surface area contributed by atoms with Crippen LogP contribution >= 0.6 is 0 Å². The van der Waals surface area contributed by atoms with Crippen molar-refractivity contribution < 1.29 is 14.6 Å². The molecule has 0 radical (unpaired) electrons. The van der Waals surface area contributed by atoms with E-state index < -0.39 is 5.60 Å². The number of rotatable bonds is 3. The van der Waals surface area contributed by atoms with Gasteiger partial charge >= 0.3 is 0 Å². The zero-order chi connectivity index (χ0) is 17.0. The summed E-state index contributed by atoms with van der Waals surface area (Å²) >= 11 is 0. The number of ketones is 1. The highest BCUT2D eigenvalue weighted by Crippen LogP contribution is 2.60. The summed E-state index contributed by atoms with van der Waals surface area (Å²) in [6.45, 7) is 12.0. The summed E-state index contributed by atoms with van der Waals surface area (Å²) in [4.78, 5) is 12.8. The van der Waals surface area contributed by atoms with Gasteiger partial charge in [-0.05, 0) is 70.8 Å². The standard InChI is InChI=1S/C20H30O3/c1-13-6-7-17-20(5,23-17)11-8-15-14(13)12-19(15,4)16(21)9-10-18(2,3)22/h9-10,14-15,17,22H,1,6-8,11-12H2,2-5H3/b10-9+/t14-,15-,17-,19-,20-/m0/s1. The third-order valence-electron chi connectivity index (χ3n) is 6.39. The van der Waals surface area contributed by atoms with Gasteiger partial charge in [-0.15, -0.1) is 0 Å². The van der Waals surface area contributed by atoms with Gasteiger partial charge in [0, 0.05) is 5.41 Å². The van der Waals surface area contributed by atoms with Crippen molar-refractivity contribution >= 4 is 5.78 Å². The Morgan fingerprint density at radius 2 is 2.09 bits per heavy atom. The molecule has 5 atom stereocenters. The van der Waals surface area contributed by atoms with Crippen molar-refractivity contribution in [3.8, 4) is 0 Å². The van der Waals surface area contributed by atoms with Gasteiger partial charge in [0.25, 0.3) is 0 Å². The Morgan fingerprint density at radius 1 is 1.39 bits per heavy atom. The number of allylic oxidation sites excluding steroid dienone is 2. The lowest BCUT2D eigenvalue weighted by Crippen LogP contribution is -2.51. The average molecular weight is 318 g/mol. The van der Waals surface area contributed by atoms with Crippen LogP contribution < -0.4 is 0 Å². The molecule has 0 aromatic heterocycles. The maximum Gasteiger partial charge on any atom is 0.161 e. The first kappa shape index (κ1) is 16.9. The van der Waals surface area contributed by atoms with E-state index in [0.717, 1.165) is 32.1 Å². The molecule has 1 heterocycles. The van der Waals surface area contributed by atoms with Gasteiger partial charge in [-0.1, -0.05) is 25.2 Å². The number of aliphatic hydroxyl groups is 1. The molecular weight excluding hydrogens is 288 g/mol. The predicted molar refractivity (Wildman–Crippen MR) is 91.0 cm³/mol. The van der Waals surface area contributed by atoms with Gasteiger partial charge in [0.2, 0.25) is 0 Å². The maximum atomic E-state index is 12.8. The highest BCUT2D eigenvalue weighted by Gasteiger charge is 2.58. The second kappa shape index (κ2) is 5.29. The van der Waals surface area contributed by atoms with Crippen molar-refractivity contribution in [3.05, 3.63) is 24.3 Å². The molecule has 0 spiro atoms.